The maximum atomic E-state index is 13.2. The summed E-state index contributed by atoms with van der Waals surface area (Å²) in [5, 5.41) is 0.0143. The zero-order valence-corrected chi connectivity index (χ0v) is 9.15. The predicted molar refractivity (Wildman–Crippen MR) is 51.6 cm³/mol. The van der Waals surface area contributed by atoms with Crippen LogP contribution in [-0.2, 0) is 4.74 Å². The summed E-state index contributed by atoms with van der Waals surface area (Å²) in [6, 6.07) is 2.94. The van der Waals surface area contributed by atoms with Gasteiger partial charge in [0.2, 0.25) is 0 Å². The van der Waals surface area contributed by atoms with Crippen LogP contribution in [0.1, 0.15) is 0 Å². The van der Waals surface area contributed by atoms with E-state index in [0.29, 0.717) is 4.47 Å². The average molecular weight is 269 g/mol. The maximum Gasteiger partial charge on any atom is 0.188 e. The van der Waals surface area contributed by atoms with Crippen molar-refractivity contribution in [3.05, 3.63) is 27.4 Å². The van der Waals surface area contributed by atoms with Crippen LogP contribution in [0.25, 0.3) is 0 Å². The molecule has 5 heteroatoms. The van der Waals surface area contributed by atoms with E-state index >= 15 is 0 Å². The van der Waals surface area contributed by atoms with Gasteiger partial charge in [0.1, 0.15) is 0 Å². The minimum absolute atomic E-state index is 0.0102. The summed E-state index contributed by atoms with van der Waals surface area (Å²) in [7, 11) is 1.46. The second kappa shape index (κ2) is 4.79. The van der Waals surface area contributed by atoms with Crippen molar-refractivity contribution in [2.45, 2.75) is 0 Å². The van der Waals surface area contributed by atoms with Crippen molar-refractivity contribution >= 4 is 27.5 Å². The fourth-order valence-corrected chi connectivity index (χ4v) is 1.54. The average Bonchev–Trinajstić information content (AvgIpc) is 2.09. The summed E-state index contributed by atoms with van der Waals surface area (Å²) in [6.45, 7) is -0.0102. The Kier molecular flexibility index (Phi) is 3.96. The zero-order chi connectivity index (χ0) is 9.84. The first-order chi connectivity index (χ1) is 6.15. The molecular weight excluding hydrogens is 262 g/mol. The van der Waals surface area contributed by atoms with E-state index in [9.17, 15) is 4.39 Å². The monoisotopic (exact) mass is 268 g/mol. The normalized spacial score (nSPS) is 10.2. The standard InChI is InChI=1S/C8H7BrClFO2/c1-12-4-13-7-3-5(9)2-6(10)8(7)11/h2-3H,4H2,1H3. The Morgan fingerprint density at radius 1 is 1.54 bits per heavy atom. The number of methoxy groups -OCH3 is 1. The fourth-order valence-electron chi connectivity index (χ4n) is 0.760. The van der Waals surface area contributed by atoms with Gasteiger partial charge in [-0.05, 0) is 12.1 Å². The topological polar surface area (TPSA) is 18.5 Å². The third-order valence-electron chi connectivity index (χ3n) is 1.29. The number of benzene rings is 1. The van der Waals surface area contributed by atoms with E-state index in [1.54, 1.807) is 0 Å². The molecule has 72 valence electrons. The first-order valence-electron chi connectivity index (χ1n) is 3.41. The summed E-state index contributed by atoms with van der Waals surface area (Å²) in [4.78, 5) is 0. The molecule has 0 amide bonds. The van der Waals surface area contributed by atoms with Crippen LogP contribution >= 0.6 is 27.5 Å². The molecule has 1 aromatic carbocycles. The molecule has 0 aliphatic carbocycles. The van der Waals surface area contributed by atoms with Crippen LogP contribution in [0.5, 0.6) is 5.75 Å². The lowest BCUT2D eigenvalue weighted by Gasteiger charge is -2.07. The maximum absolute atomic E-state index is 13.2. The van der Waals surface area contributed by atoms with Gasteiger partial charge in [0.15, 0.2) is 18.4 Å². The molecule has 0 saturated carbocycles. The van der Waals surface area contributed by atoms with E-state index < -0.39 is 5.82 Å². The Morgan fingerprint density at radius 2 is 2.23 bits per heavy atom. The summed E-state index contributed by atoms with van der Waals surface area (Å²) in [5.74, 6) is -0.511. The minimum atomic E-state index is -0.582. The van der Waals surface area contributed by atoms with E-state index in [1.165, 1.54) is 19.2 Å². The quantitative estimate of drug-likeness (QED) is 0.619. The van der Waals surface area contributed by atoms with Crippen LogP contribution in [0.4, 0.5) is 4.39 Å². The van der Waals surface area contributed by atoms with Crippen LogP contribution < -0.4 is 4.74 Å². The van der Waals surface area contributed by atoms with Crippen LogP contribution in [-0.4, -0.2) is 13.9 Å². The third kappa shape index (κ3) is 2.83. The van der Waals surface area contributed by atoms with Crippen molar-refractivity contribution in [3.8, 4) is 5.75 Å². The second-order valence-corrected chi connectivity index (χ2v) is 3.57. The van der Waals surface area contributed by atoms with Crippen molar-refractivity contribution in [2.24, 2.45) is 0 Å². The van der Waals surface area contributed by atoms with Gasteiger partial charge >= 0.3 is 0 Å². The van der Waals surface area contributed by atoms with Crippen LogP contribution in [0.15, 0.2) is 16.6 Å². The second-order valence-electron chi connectivity index (χ2n) is 2.25. The molecule has 0 fully saturated rings. The molecule has 0 atom stereocenters. The molecule has 0 N–H and O–H groups in total. The Bertz CT molecular complexity index is 306. The summed E-state index contributed by atoms with van der Waals surface area (Å²) >= 11 is 8.74. The van der Waals surface area contributed by atoms with Gasteiger partial charge in [-0.15, -0.1) is 0 Å². The number of hydrogen-bond donors (Lipinski definition) is 0. The van der Waals surface area contributed by atoms with E-state index in [0.717, 1.165) is 0 Å². The van der Waals surface area contributed by atoms with E-state index in [2.05, 4.69) is 20.7 Å². The molecule has 0 unspecified atom stereocenters. The molecule has 2 nitrogen and oxygen atoms in total. The van der Waals surface area contributed by atoms with Crippen molar-refractivity contribution < 1.29 is 13.9 Å². The van der Waals surface area contributed by atoms with Crippen molar-refractivity contribution in [3.63, 3.8) is 0 Å². The molecule has 0 aliphatic rings. The summed E-state index contributed by atoms with van der Waals surface area (Å²) < 4.78 is 23.4. The first kappa shape index (κ1) is 10.8. The van der Waals surface area contributed by atoms with Gasteiger partial charge in [0.25, 0.3) is 0 Å². The lowest BCUT2D eigenvalue weighted by Crippen LogP contribution is -2.00. The highest BCUT2D eigenvalue weighted by Crippen LogP contribution is 2.29. The Balaban J connectivity index is 2.92. The van der Waals surface area contributed by atoms with Crippen LogP contribution in [0, 0.1) is 5.82 Å². The molecular formula is C8H7BrClFO2. The minimum Gasteiger partial charge on any atom is -0.464 e. The van der Waals surface area contributed by atoms with E-state index in [4.69, 9.17) is 16.3 Å². The zero-order valence-electron chi connectivity index (χ0n) is 6.81. The van der Waals surface area contributed by atoms with Crippen molar-refractivity contribution in [2.75, 3.05) is 13.9 Å². The molecule has 0 aromatic heterocycles. The number of ether oxygens (including phenoxy) is 2. The SMILES string of the molecule is COCOc1cc(Br)cc(Cl)c1F. The Labute approximate surface area is 88.7 Å². The Hall–Kier alpha value is -0.320. The summed E-state index contributed by atoms with van der Waals surface area (Å²) in [5.41, 5.74) is 0. The van der Waals surface area contributed by atoms with E-state index in [-0.39, 0.29) is 17.6 Å². The van der Waals surface area contributed by atoms with Crippen molar-refractivity contribution in [1.29, 1.82) is 0 Å². The highest BCUT2D eigenvalue weighted by atomic mass is 79.9. The van der Waals surface area contributed by atoms with E-state index in [1.807, 2.05) is 0 Å². The molecule has 0 heterocycles. The largest absolute Gasteiger partial charge is 0.464 e. The van der Waals surface area contributed by atoms with Gasteiger partial charge < -0.3 is 9.47 Å². The predicted octanol–water partition coefficient (Wildman–Crippen LogP) is 3.22. The summed E-state index contributed by atoms with van der Waals surface area (Å²) in [6.07, 6.45) is 0. The van der Waals surface area contributed by atoms with Crippen LogP contribution in [0.3, 0.4) is 0 Å². The van der Waals surface area contributed by atoms with Gasteiger partial charge in [-0.25, -0.2) is 4.39 Å². The lowest BCUT2D eigenvalue weighted by molar-refractivity contribution is 0.0482. The highest BCUT2D eigenvalue weighted by Gasteiger charge is 2.09. The molecule has 1 rings (SSSR count). The van der Waals surface area contributed by atoms with Gasteiger partial charge in [-0.3, -0.25) is 0 Å². The highest BCUT2D eigenvalue weighted by molar-refractivity contribution is 9.10. The van der Waals surface area contributed by atoms with Crippen LogP contribution in [0.2, 0.25) is 5.02 Å². The number of rotatable bonds is 3. The molecule has 1 aromatic rings. The van der Waals surface area contributed by atoms with Gasteiger partial charge in [0.05, 0.1) is 5.02 Å². The number of hydrogen-bond acceptors (Lipinski definition) is 2. The first-order valence-corrected chi connectivity index (χ1v) is 4.58. The molecule has 0 spiro atoms. The molecule has 13 heavy (non-hydrogen) atoms. The smallest absolute Gasteiger partial charge is 0.188 e. The van der Waals surface area contributed by atoms with Gasteiger partial charge in [-0.2, -0.15) is 0 Å². The number of halogens is 3. The Morgan fingerprint density at radius 3 is 2.85 bits per heavy atom. The molecule has 0 radical (unpaired) electrons. The van der Waals surface area contributed by atoms with Crippen molar-refractivity contribution in [1.82, 2.24) is 0 Å². The molecule has 0 saturated heterocycles. The molecule has 0 bridgehead atoms. The third-order valence-corrected chi connectivity index (χ3v) is 2.02. The fraction of sp³-hybridized carbons (Fsp3) is 0.250. The lowest BCUT2D eigenvalue weighted by atomic mass is 10.3. The van der Waals surface area contributed by atoms with Gasteiger partial charge in [-0.1, -0.05) is 27.5 Å². The van der Waals surface area contributed by atoms with Gasteiger partial charge in [0, 0.05) is 11.6 Å². The molecule has 0 aliphatic heterocycles.